The molecule has 0 spiro atoms. The molecule has 0 bridgehead atoms. The Balaban J connectivity index is 2.06. The summed E-state index contributed by atoms with van der Waals surface area (Å²) in [5.74, 6) is 6.19. The van der Waals surface area contributed by atoms with Crippen molar-refractivity contribution in [3.63, 3.8) is 0 Å². The summed E-state index contributed by atoms with van der Waals surface area (Å²) in [6.45, 7) is 4.40. The predicted octanol–water partition coefficient (Wildman–Crippen LogP) is 1.68. The van der Waals surface area contributed by atoms with E-state index < -0.39 is 0 Å². The molecule has 0 aliphatic rings. The van der Waals surface area contributed by atoms with Crippen LogP contribution in [0.2, 0.25) is 0 Å². The quantitative estimate of drug-likeness (QED) is 0.326. The van der Waals surface area contributed by atoms with Gasteiger partial charge in [0.1, 0.15) is 5.75 Å². The number of carbonyl (C=O) groups excluding carboxylic acids is 1. The lowest BCUT2D eigenvalue weighted by molar-refractivity contribution is -0.123. The molecule has 1 aromatic heterocycles. The molecule has 2 rings (SSSR count). The standard InChI is InChI=1S/C13H18N4O2S/c1-3-19-9-4-5-10-11(6-9)16-13(15-10)20-7-8(2)12(18)17-14/h4-6,8H,3,7,14H2,1-2H3,(H,15,16)(H,17,18). The van der Waals surface area contributed by atoms with Crippen LogP contribution in [0.5, 0.6) is 5.75 Å². The van der Waals surface area contributed by atoms with Gasteiger partial charge in [0.25, 0.3) is 0 Å². The third kappa shape index (κ3) is 3.43. The van der Waals surface area contributed by atoms with Crippen LogP contribution in [0, 0.1) is 5.92 Å². The van der Waals surface area contributed by atoms with Gasteiger partial charge in [0.2, 0.25) is 5.91 Å². The number of benzene rings is 1. The van der Waals surface area contributed by atoms with E-state index in [0.717, 1.165) is 21.9 Å². The van der Waals surface area contributed by atoms with E-state index in [-0.39, 0.29) is 11.8 Å². The van der Waals surface area contributed by atoms with E-state index in [2.05, 4.69) is 15.4 Å². The number of ether oxygens (including phenoxy) is 1. The van der Waals surface area contributed by atoms with Gasteiger partial charge in [-0.15, -0.1) is 0 Å². The first-order valence-electron chi connectivity index (χ1n) is 6.40. The first-order chi connectivity index (χ1) is 9.63. The summed E-state index contributed by atoms with van der Waals surface area (Å²) in [4.78, 5) is 19.0. The number of fused-ring (bicyclic) bond motifs is 1. The molecule has 0 radical (unpaired) electrons. The van der Waals surface area contributed by atoms with Crippen molar-refractivity contribution in [1.29, 1.82) is 0 Å². The minimum atomic E-state index is -0.174. The molecule has 6 nitrogen and oxygen atoms in total. The number of nitrogens with zero attached hydrogens (tertiary/aromatic N) is 1. The Kier molecular flexibility index (Phi) is 4.86. The first-order valence-corrected chi connectivity index (χ1v) is 7.38. The number of hydrazine groups is 1. The Morgan fingerprint density at radius 1 is 1.60 bits per heavy atom. The lowest BCUT2D eigenvalue weighted by Gasteiger charge is -2.06. The molecule has 20 heavy (non-hydrogen) atoms. The molecule has 0 saturated heterocycles. The van der Waals surface area contributed by atoms with Gasteiger partial charge < -0.3 is 9.72 Å². The van der Waals surface area contributed by atoms with Crippen molar-refractivity contribution in [2.45, 2.75) is 19.0 Å². The number of nitrogens with two attached hydrogens (primary N) is 1. The van der Waals surface area contributed by atoms with Crippen molar-refractivity contribution in [2.24, 2.45) is 11.8 Å². The second-order valence-corrected chi connectivity index (χ2v) is 5.38. The number of hydrogen-bond acceptors (Lipinski definition) is 5. The van der Waals surface area contributed by atoms with Gasteiger partial charge in [0.05, 0.1) is 17.6 Å². The van der Waals surface area contributed by atoms with Crippen LogP contribution in [-0.2, 0) is 4.79 Å². The van der Waals surface area contributed by atoms with Crippen molar-refractivity contribution in [3.05, 3.63) is 18.2 Å². The molecular weight excluding hydrogens is 276 g/mol. The summed E-state index contributed by atoms with van der Waals surface area (Å²) in [6, 6.07) is 5.73. The molecule has 1 amide bonds. The predicted molar refractivity (Wildman–Crippen MR) is 79.5 cm³/mol. The second-order valence-electron chi connectivity index (χ2n) is 4.37. The van der Waals surface area contributed by atoms with Gasteiger partial charge in [-0.1, -0.05) is 18.7 Å². The van der Waals surface area contributed by atoms with Crippen LogP contribution in [0.1, 0.15) is 13.8 Å². The normalized spacial score (nSPS) is 12.3. The fourth-order valence-electron chi connectivity index (χ4n) is 1.71. The molecule has 1 atom stereocenters. The molecule has 7 heteroatoms. The van der Waals surface area contributed by atoms with Crippen LogP contribution in [-0.4, -0.2) is 28.2 Å². The van der Waals surface area contributed by atoms with E-state index >= 15 is 0 Å². The Morgan fingerprint density at radius 3 is 3.10 bits per heavy atom. The molecule has 108 valence electrons. The monoisotopic (exact) mass is 294 g/mol. The van der Waals surface area contributed by atoms with Crippen LogP contribution < -0.4 is 16.0 Å². The number of aromatic amines is 1. The minimum Gasteiger partial charge on any atom is -0.494 e. The van der Waals surface area contributed by atoms with Crippen molar-refractivity contribution < 1.29 is 9.53 Å². The van der Waals surface area contributed by atoms with Gasteiger partial charge in [-0.3, -0.25) is 10.2 Å². The second kappa shape index (κ2) is 6.62. The number of imidazole rings is 1. The highest BCUT2D eigenvalue weighted by atomic mass is 32.2. The van der Waals surface area contributed by atoms with E-state index in [4.69, 9.17) is 10.6 Å². The maximum absolute atomic E-state index is 11.3. The first kappa shape index (κ1) is 14.7. The van der Waals surface area contributed by atoms with Gasteiger partial charge in [-0.25, -0.2) is 10.8 Å². The Morgan fingerprint density at radius 2 is 2.40 bits per heavy atom. The number of hydrogen-bond donors (Lipinski definition) is 3. The van der Waals surface area contributed by atoms with Crippen LogP contribution >= 0.6 is 11.8 Å². The van der Waals surface area contributed by atoms with Gasteiger partial charge >= 0.3 is 0 Å². The minimum absolute atomic E-state index is 0.169. The number of thioether (sulfide) groups is 1. The maximum atomic E-state index is 11.3. The Hall–Kier alpha value is -1.73. The molecule has 0 aliphatic heterocycles. The lowest BCUT2D eigenvalue weighted by Crippen LogP contribution is -2.35. The zero-order valence-corrected chi connectivity index (χ0v) is 12.3. The highest BCUT2D eigenvalue weighted by Gasteiger charge is 2.13. The average molecular weight is 294 g/mol. The number of amides is 1. The molecule has 0 fully saturated rings. The summed E-state index contributed by atoms with van der Waals surface area (Å²) < 4.78 is 5.45. The van der Waals surface area contributed by atoms with E-state index in [1.807, 2.05) is 32.0 Å². The number of aromatic nitrogens is 2. The fourth-order valence-corrected chi connectivity index (χ4v) is 2.62. The smallest absolute Gasteiger partial charge is 0.237 e. The van der Waals surface area contributed by atoms with Crippen molar-refractivity contribution in [3.8, 4) is 5.75 Å². The molecule has 1 unspecified atom stereocenters. The van der Waals surface area contributed by atoms with Gasteiger partial charge in [-0.05, 0) is 19.1 Å². The van der Waals surface area contributed by atoms with Crippen LogP contribution in [0.15, 0.2) is 23.4 Å². The molecule has 1 heterocycles. The summed E-state index contributed by atoms with van der Waals surface area (Å²) in [7, 11) is 0. The zero-order valence-electron chi connectivity index (χ0n) is 11.5. The third-order valence-corrected chi connectivity index (χ3v) is 3.94. The number of rotatable bonds is 6. The molecule has 4 N–H and O–H groups in total. The van der Waals surface area contributed by atoms with Gasteiger partial charge in [0, 0.05) is 17.7 Å². The summed E-state index contributed by atoms with van der Waals surface area (Å²) in [5.41, 5.74) is 3.96. The SMILES string of the molecule is CCOc1ccc2nc(SCC(C)C(=O)NN)[nH]c2c1. The maximum Gasteiger partial charge on any atom is 0.237 e. The van der Waals surface area contributed by atoms with E-state index in [1.54, 1.807) is 0 Å². The molecule has 1 aromatic carbocycles. The average Bonchev–Trinajstić information content (AvgIpc) is 2.86. The van der Waals surface area contributed by atoms with Crippen LogP contribution in [0.3, 0.4) is 0 Å². The Bertz CT molecular complexity index is 599. The van der Waals surface area contributed by atoms with E-state index in [1.165, 1.54) is 11.8 Å². The Labute approximate surface area is 121 Å². The summed E-state index contributed by atoms with van der Waals surface area (Å²) in [6.07, 6.45) is 0. The summed E-state index contributed by atoms with van der Waals surface area (Å²) in [5, 5.41) is 0.783. The third-order valence-electron chi connectivity index (χ3n) is 2.80. The summed E-state index contributed by atoms with van der Waals surface area (Å²) >= 11 is 1.49. The molecule has 2 aromatic rings. The topological polar surface area (TPSA) is 93.0 Å². The molecule has 0 saturated carbocycles. The zero-order chi connectivity index (χ0) is 14.5. The van der Waals surface area contributed by atoms with E-state index in [9.17, 15) is 4.79 Å². The van der Waals surface area contributed by atoms with Crippen LogP contribution in [0.4, 0.5) is 0 Å². The number of nitrogens with one attached hydrogen (secondary N) is 2. The highest BCUT2D eigenvalue weighted by Crippen LogP contribution is 2.24. The largest absolute Gasteiger partial charge is 0.494 e. The fraction of sp³-hybridized carbons (Fsp3) is 0.385. The van der Waals surface area contributed by atoms with E-state index in [0.29, 0.717) is 12.4 Å². The highest BCUT2D eigenvalue weighted by molar-refractivity contribution is 7.99. The number of carbonyl (C=O) groups is 1. The van der Waals surface area contributed by atoms with Crippen LogP contribution in [0.25, 0.3) is 11.0 Å². The van der Waals surface area contributed by atoms with Gasteiger partial charge in [0.15, 0.2) is 5.16 Å². The molecule has 0 aliphatic carbocycles. The van der Waals surface area contributed by atoms with Crippen molar-refractivity contribution >= 4 is 28.7 Å². The van der Waals surface area contributed by atoms with Crippen molar-refractivity contribution in [2.75, 3.05) is 12.4 Å². The van der Waals surface area contributed by atoms with Gasteiger partial charge in [-0.2, -0.15) is 0 Å². The lowest BCUT2D eigenvalue weighted by atomic mass is 10.2. The number of H-pyrrole nitrogens is 1. The molecular formula is C13H18N4O2S. The van der Waals surface area contributed by atoms with Crippen molar-refractivity contribution in [1.82, 2.24) is 15.4 Å².